The van der Waals surface area contributed by atoms with E-state index in [1.54, 1.807) is 0 Å². The molecule has 72 valence electrons. The lowest BCUT2D eigenvalue weighted by Crippen LogP contribution is -2.25. The summed E-state index contributed by atoms with van der Waals surface area (Å²) < 4.78 is 0. The van der Waals surface area contributed by atoms with Crippen molar-refractivity contribution in [2.24, 2.45) is 29.4 Å². The zero-order chi connectivity index (χ0) is 9.42. The van der Waals surface area contributed by atoms with E-state index in [0.29, 0.717) is 24.2 Å². The van der Waals surface area contributed by atoms with Gasteiger partial charge in [0.2, 0.25) is 5.91 Å². The van der Waals surface area contributed by atoms with Crippen molar-refractivity contribution in [2.75, 3.05) is 0 Å². The highest BCUT2D eigenvalue weighted by molar-refractivity contribution is 5.74. The average Bonchev–Trinajstić information content (AvgIpc) is 2.62. The zero-order valence-electron chi connectivity index (χ0n) is 8.07. The Kier molecular flexibility index (Phi) is 2.14. The van der Waals surface area contributed by atoms with Crippen molar-refractivity contribution in [1.29, 1.82) is 0 Å². The van der Waals surface area contributed by atoms with Gasteiger partial charge in [-0.1, -0.05) is 25.5 Å². The highest BCUT2D eigenvalue weighted by Crippen LogP contribution is 2.50. The van der Waals surface area contributed by atoms with Crippen LogP contribution in [0.3, 0.4) is 0 Å². The maximum atomic E-state index is 10.9. The molecular weight excluding hydrogens is 162 g/mol. The van der Waals surface area contributed by atoms with E-state index in [1.807, 2.05) is 0 Å². The molecule has 2 rings (SSSR count). The summed E-state index contributed by atoms with van der Waals surface area (Å²) in [5.74, 6) is 2.49. The maximum absolute atomic E-state index is 10.9. The molecular formula is C11H17NO. The van der Waals surface area contributed by atoms with Crippen LogP contribution in [-0.2, 0) is 4.79 Å². The molecule has 4 atom stereocenters. The average molecular weight is 179 g/mol. The molecule has 2 nitrogen and oxygen atoms in total. The minimum atomic E-state index is -0.135. The zero-order valence-corrected chi connectivity index (χ0v) is 8.07. The fourth-order valence-electron chi connectivity index (χ4n) is 3.17. The van der Waals surface area contributed by atoms with E-state index in [9.17, 15) is 4.79 Å². The molecule has 1 saturated carbocycles. The summed E-state index contributed by atoms with van der Waals surface area (Å²) in [5, 5.41) is 0. The quantitative estimate of drug-likeness (QED) is 0.658. The van der Waals surface area contributed by atoms with Gasteiger partial charge in [-0.15, -0.1) is 0 Å². The lowest BCUT2D eigenvalue weighted by Gasteiger charge is -2.25. The molecule has 0 heterocycles. The number of carbonyl (C=O) groups is 1. The van der Waals surface area contributed by atoms with Crippen LogP contribution >= 0.6 is 0 Å². The third-order valence-electron chi connectivity index (χ3n) is 3.71. The smallest absolute Gasteiger partial charge is 0.217 e. The van der Waals surface area contributed by atoms with Gasteiger partial charge in [0.1, 0.15) is 0 Å². The van der Waals surface area contributed by atoms with Gasteiger partial charge in [0, 0.05) is 6.42 Å². The van der Waals surface area contributed by atoms with Crippen LogP contribution in [0, 0.1) is 23.7 Å². The van der Waals surface area contributed by atoms with Crippen molar-refractivity contribution < 1.29 is 4.79 Å². The van der Waals surface area contributed by atoms with E-state index < -0.39 is 0 Å². The molecule has 1 fully saturated rings. The molecule has 2 aliphatic rings. The van der Waals surface area contributed by atoms with Crippen LogP contribution in [0.1, 0.15) is 26.2 Å². The third-order valence-corrected chi connectivity index (χ3v) is 3.71. The largest absolute Gasteiger partial charge is 0.370 e. The first-order chi connectivity index (χ1) is 6.22. The van der Waals surface area contributed by atoms with Crippen molar-refractivity contribution in [2.45, 2.75) is 26.2 Å². The van der Waals surface area contributed by atoms with Crippen molar-refractivity contribution in [3.05, 3.63) is 12.2 Å². The minimum absolute atomic E-state index is 0.135. The summed E-state index contributed by atoms with van der Waals surface area (Å²) >= 11 is 0. The Labute approximate surface area is 79.2 Å². The second-order valence-electron chi connectivity index (χ2n) is 4.35. The van der Waals surface area contributed by atoms with Crippen LogP contribution in [0.2, 0.25) is 0 Å². The first-order valence-electron chi connectivity index (χ1n) is 5.19. The second-order valence-corrected chi connectivity index (χ2v) is 4.35. The summed E-state index contributed by atoms with van der Waals surface area (Å²) in [6.07, 6.45) is 7.64. The van der Waals surface area contributed by atoms with Gasteiger partial charge in [-0.05, 0) is 30.1 Å². The Balaban J connectivity index is 2.09. The van der Waals surface area contributed by atoms with Gasteiger partial charge in [0.05, 0.1) is 0 Å². The SMILES string of the molecule is CCC1C2C=CC(C2)C1CC(N)=O. The van der Waals surface area contributed by atoms with E-state index in [1.165, 1.54) is 12.8 Å². The molecule has 2 aliphatic carbocycles. The van der Waals surface area contributed by atoms with E-state index in [2.05, 4.69) is 19.1 Å². The number of rotatable bonds is 3. The van der Waals surface area contributed by atoms with Gasteiger partial charge in [-0.2, -0.15) is 0 Å². The van der Waals surface area contributed by atoms with Gasteiger partial charge >= 0.3 is 0 Å². The predicted octanol–water partition coefficient (Wildman–Crippen LogP) is 1.71. The van der Waals surface area contributed by atoms with Crippen LogP contribution in [-0.4, -0.2) is 5.91 Å². The van der Waals surface area contributed by atoms with Crippen LogP contribution in [0.4, 0.5) is 0 Å². The molecule has 2 bridgehead atoms. The minimum Gasteiger partial charge on any atom is -0.370 e. The Morgan fingerprint density at radius 2 is 2.00 bits per heavy atom. The number of hydrogen-bond acceptors (Lipinski definition) is 1. The van der Waals surface area contributed by atoms with Gasteiger partial charge in [-0.3, -0.25) is 4.79 Å². The number of allylic oxidation sites excluding steroid dienone is 2. The summed E-state index contributed by atoms with van der Waals surface area (Å²) in [4.78, 5) is 10.9. The maximum Gasteiger partial charge on any atom is 0.217 e. The number of amides is 1. The molecule has 0 saturated heterocycles. The molecule has 4 unspecified atom stereocenters. The molecule has 0 radical (unpaired) electrons. The number of primary amides is 1. The topological polar surface area (TPSA) is 43.1 Å². The van der Waals surface area contributed by atoms with Gasteiger partial charge in [0.15, 0.2) is 0 Å². The summed E-state index contributed by atoms with van der Waals surface area (Å²) in [6, 6.07) is 0. The van der Waals surface area contributed by atoms with Gasteiger partial charge in [-0.25, -0.2) is 0 Å². The molecule has 0 spiro atoms. The number of nitrogens with two attached hydrogens (primary N) is 1. The number of fused-ring (bicyclic) bond motifs is 2. The summed E-state index contributed by atoms with van der Waals surface area (Å²) in [7, 11) is 0. The first-order valence-corrected chi connectivity index (χ1v) is 5.19. The highest BCUT2D eigenvalue weighted by Gasteiger charge is 2.43. The molecule has 13 heavy (non-hydrogen) atoms. The van der Waals surface area contributed by atoms with E-state index >= 15 is 0 Å². The van der Waals surface area contributed by atoms with Crippen LogP contribution in [0.25, 0.3) is 0 Å². The monoisotopic (exact) mass is 179 g/mol. The second kappa shape index (κ2) is 3.17. The first kappa shape index (κ1) is 8.79. The molecule has 1 amide bonds. The Bertz CT molecular complexity index is 246. The lowest BCUT2D eigenvalue weighted by molar-refractivity contribution is -0.119. The molecule has 0 aliphatic heterocycles. The third kappa shape index (κ3) is 1.38. The van der Waals surface area contributed by atoms with Crippen molar-refractivity contribution >= 4 is 5.91 Å². The van der Waals surface area contributed by atoms with E-state index in [4.69, 9.17) is 5.73 Å². The van der Waals surface area contributed by atoms with Crippen LogP contribution in [0.15, 0.2) is 12.2 Å². The van der Waals surface area contributed by atoms with E-state index in [0.717, 1.165) is 5.92 Å². The molecule has 2 N–H and O–H groups in total. The standard InChI is InChI=1S/C11H17NO/c1-2-9-7-3-4-8(5-7)10(9)6-11(12)13/h3-4,7-10H,2,5-6H2,1H3,(H2,12,13). The fourth-order valence-corrected chi connectivity index (χ4v) is 3.17. The molecule has 0 aromatic rings. The normalized spacial score (nSPS) is 41.3. The molecule has 0 aromatic carbocycles. The van der Waals surface area contributed by atoms with Gasteiger partial charge < -0.3 is 5.73 Å². The van der Waals surface area contributed by atoms with Crippen LogP contribution in [0.5, 0.6) is 0 Å². The summed E-state index contributed by atoms with van der Waals surface area (Å²) in [6.45, 7) is 2.22. The van der Waals surface area contributed by atoms with Gasteiger partial charge in [0.25, 0.3) is 0 Å². The molecule has 2 heteroatoms. The van der Waals surface area contributed by atoms with Crippen LogP contribution < -0.4 is 5.73 Å². The number of carbonyl (C=O) groups excluding carboxylic acids is 1. The van der Waals surface area contributed by atoms with Crippen molar-refractivity contribution in [3.63, 3.8) is 0 Å². The Morgan fingerprint density at radius 1 is 1.38 bits per heavy atom. The van der Waals surface area contributed by atoms with E-state index in [-0.39, 0.29) is 5.91 Å². The molecule has 0 aromatic heterocycles. The predicted molar refractivity (Wildman–Crippen MR) is 51.8 cm³/mol. The van der Waals surface area contributed by atoms with Crippen molar-refractivity contribution in [1.82, 2.24) is 0 Å². The highest BCUT2D eigenvalue weighted by atomic mass is 16.1. The van der Waals surface area contributed by atoms with Crippen molar-refractivity contribution in [3.8, 4) is 0 Å². The Hall–Kier alpha value is -0.790. The lowest BCUT2D eigenvalue weighted by atomic mass is 9.79. The summed E-state index contributed by atoms with van der Waals surface area (Å²) in [5.41, 5.74) is 5.26. The Morgan fingerprint density at radius 3 is 2.54 bits per heavy atom. The number of hydrogen-bond donors (Lipinski definition) is 1. The fraction of sp³-hybridized carbons (Fsp3) is 0.727.